The van der Waals surface area contributed by atoms with E-state index in [1.807, 2.05) is 0 Å². The van der Waals surface area contributed by atoms with Crippen LogP contribution in [0.4, 0.5) is 0 Å². The molecule has 2 heterocycles. The van der Waals surface area contributed by atoms with E-state index in [1.165, 1.54) is 0 Å². The lowest BCUT2D eigenvalue weighted by atomic mass is 9.83. The molecule has 0 radical (unpaired) electrons. The van der Waals surface area contributed by atoms with Gasteiger partial charge in [-0.1, -0.05) is 6.08 Å². The summed E-state index contributed by atoms with van der Waals surface area (Å²) in [6.07, 6.45) is 9.35. The molecule has 2 nitrogen and oxygen atoms in total. The van der Waals surface area contributed by atoms with Gasteiger partial charge in [0.15, 0.2) is 5.78 Å². The second-order valence-electron chi connectivity index (χ2n) is 4.34. The first kappa shape index (κ1) is 8.27. The molecule has 0 aromatic carbocycles. The van der Waals surface area contributed by atoms with E-state index in [0.717, 1.165) is 43.4 Å². The number of carbonyl (C=O) groups excluding carboxylic acids is 1. The molecule has 2 heteroatoms. The predicted octanol–water partition coefficient (Wildman–Crippen LogP) is 2.36. The summed E-state index contributed by atoms with van der Waals surface area (Å²) in [5.74, 6) is 1.68. The third-order valence-corrected chi connectivity index (χ3v) is 3.39. The van der Waals surface area contributed by atoms with Crippen molar-refractivity contribution in [3.63, 3.8) is 0 Å². The molecule has 0 saturated heterocycles. The van der Waals surface area contributed by atoms with E-state index >= 15 is 0 Å². The fourth-order valence-electron chi connectivity index (χ4n) is 2.69. The Labute approximate surface area is 83.6 Å². The number of carbonyl (C=O) groups is 1. The Bertz CT molecular complexity index is 338. The zero-order valence-electron chi connectivity index (χ0n) is 8.16. The van der Waals surface area contributed by atoms with E-state index in [-0.39, 0.29) is 6.10 Å². The number of rotatable bonds is 0. The lowest BCUT2D eigenvalue weighted by Gasteiger charge is -2.19. The fraction of sp³-hybridized carbons (Fsp3) is 0.583. The Hall–Kier alpha value is -1.05. The lowest BCUT2D eigenvalue weighted by molar-refractivity contribution is -0.116. The topological polar surface area (TPSA) is 26.3 Å². The van der Waals surface area contributed by atoms with Crippen molar-refractivity contribution in [2.75, 3.05) is 0 Å². The summed E-state index contributed by atoms with van der Waals surface area (Å²) < 4.78 is 5.85. The van der Waals surface area contributed by atoms with Crippen LogP contribution in [0.1, 0.15) is 32.1 Å². The van der Waals surface area contributed by atoms with E-state index in [4.69, 9.17) is 4.74 Å². The monoisotopic (exact) mass is 190 g/mol. The molecule has 2 aliphatic heterocycles. The van der Waals surface area contributed by atoms with Crippen molar-refractivity contribution in [1.29, 1.82) is 0 Å². The number of Topliss-reactive ketones (excluding diaryl/α,β-unsaturated/α-hetero) is 1. The van der Waals surface area contributed by atoms with Crippen molar-refractivity contribution in [2.45, 2.75) is 38.2 Å². The second-order valence-corrected chi connectivity index (χ2v) is 4.34. The molecule has 0 amide bonds. The highest BCUT2D eigenvalue weighted by molar-refractivity contribution is 5.97. The van der Waals surface area contributed by atoms with Gasteiger partial charge in [0.1, 0.15) is 11.9 Å². The summed E-state index contributed by atoms with van der Waals surface area (Å²) in [6.45, 7) is 0. The molecule has 0 fully saturated rings. The molecule has 0 aromatic rings. The minimum Gasteiger partial charge on any atom is -0.490 e. The van der Waals surface area contributed by atoms with Crippen molar-refractivity contribution in [1.82, 2.24) is 0 Å². The third-order valence-electron chi connectivity index (χ3n) is 3.39. The quantitative estimate of drug-likeness (QED) is 0.548. The number of hydrogen-bond donors (Lipinski definition) is 0. The van der Waals surface area contributed by atoms with Gasteiger partial charge in [0.05, 0.1) is 0 Å². The highest BCUT2D eigenvalue weighted by atomic mass is 16.5. The van der Waals surface area contributed by atoms with Gasteiger partial charge in [0.25, 0.3) is 0 Å². The van der Waals surface area contributed by atoms with Crippen molar-refractivity contribution in [2.24, 2.45) is 5.92 Å². The zero-order valence-corrected chi connectivity index (χ0v) is 8.16. The summed E-state index contributed by atoms with van der Waals surface area (Å²) in [6, 6.07) is 0. The number of allylic oxidation sites excluding steroid dienone is 3. The highest BCUT2D eigenvalue weighted by Gasteiger charge is 2.33. The predicted molar refractivity (Wildman–Crippen MR) is 52.6 cm³/mol. The van der Waals surface area contributed by atoms with Gasteiger partial charge in [0, 0.05) is 24.3 Å². The molecule has 14 heavy (non-hydrogen) atoms. The molecule has 0 aromatic heterocycles. The van der Waals surface area contributed by atoms with Crippen molar-refractivity contribution < 1.29 is 9.53 Å². The first-order valence-electron chi connectivity index (χ1n) is 5.46. The van der Waals surface area contributed by atoms with Crippen molar-refractivity contribution in [3.05, 3.63) is 23.5 Å². The van der Waals surface area contributed by atoms with Gasteiger partial charge in [-0.15, -0.1) is 0 Å². The Balaban J connectivity index is 2.06. The number of hydrogen-bond acceptors (Lipinski definition) is 2. The molecule has 74 valence electrons. The largest absolute Gasteiger partial charge is 0.490 e. The highest BCUT2D eigenvalue weighted by Crippen LogP contribution is 2.38. The molecular weight excluding hydrogens is 176 g/mol. The smallest absolute Gasteiger partial charge is 0.162 e. The molecule has 2 atom stereocenters. The Kier molecular flexibility index (Phi) is 1.76. The minimum atomic E-state index is 0.240. The van der Waals surface area contributed by atoms with E-state index in [1.54, 1.807) is 0 Å². The van der Waals surface area contributed by atoms with Gasteiger partial charge in [-0.3, -0.25) is 4.79 Å². The first-order valence-corrected chi connectivity index (χ1v) is 5.46. The lowest BCUT2D eigenvalue weighted by Crippen LogP contribution is -2.17. The van der Waals surface area contributed by atoms with Crippen LogP contribution in [-0.4, -0.2) is 11.9 Å². The summed E-state index contributed by atoms with van der Waals surface area (Å²) in [4.78, 5) is 11.8. The van der Waals surface area contributed by atoms with Crippen LogP contribution in [0.5, 0.6) is 0 Å². The third kappa shape index (κ3) is 1.13. The number of ether oxygens (including phenoxy) is 1. The van der Waals surface area contributed by atoms with Crippen molar-refractivity contribution in [3.8, 4) is 0 Å². The van der Waals surface area contributed by atoms with Crippen LogP contribution >= 0.6 is 0 Å². The van der Waals surface area contributed by atoms with Crippen LogP contribution in [-0.2, 0) is 9.53 Å². The van der Waals surface area contributed by atoms with Crippen LogP contribution in [0.2, 0.25) is 0 Å². The van der Waals surface area contributed by atoms with E-state index in [9.17, 15) is 4.79 Å². The van der Waals surface area contributed by atoms with Crippen LogP contribution < -0.4 is 0 Å². The average Bonchev–Trinajstić information content (AvgIpc) is 2.47. The Morgan fingerprint density at radius 3 is 2.93 bits per heavy atom. The molecule has 2 unspecified atom stereocenters. The molecule has 4 aliphatic rings. The van der Waals surface area contributed by atoms with Crippen LogP contribution in [0.15, 0.2) is 23.5 Å². The number of fused-ring (bicyclic) bond motifs is 1. The van der Waals surface area contributed by atoms with Crippen LogP contribution in [0.3, 0.4) is 0 Å². The maximum Gasteiger partial charge on any atom is 0.162 e. The standard InChI is InChI=1S/C12H14O2/c13-10-2-1-3-11-12(10)8-4-6-9(14-11)7-5-8/h4,6,8-9H,1-3,5,7H2. The second kappa shape index (κ2) is 2.97. The fourth-order valence-corrected chi connectivity index (χ4v) is 2.69. The molecule has 2 aliphatic carbocycles. The molecular formula is C12H14O2. The van der Waals surface area contributed by atoms with Gasteiger partial charge in [-0.25, -0.2) is 0 Å². The van der Waals surface area contributed by atoms with E-state index < -0.39 is 0 Å². The van der Waals surface area contributed by atoms with Crippen molar-refractivity contribution >= 4 is 5.78 Å². The van der Waals surface area contributed by atoms with E-state index in [2.05, 4.69) is 12.2 Å². The maximum absolute atomic E-state index is 11.8. The molecule has 0 spiro atoms. The first-order chi connectivity index (χ1) is 6.84. The Morgan fingerprint density at radius 2 is 2.14 bits per heavy atom. The van der Waals surface area contributed by atoms with Gasteiger partial charge in [-0.05, 0) is 25.3 Å². The summed E-state index contributed by atoms with van der Waals surface area (Å²) in [5, 5.41) is 0. The normalized spacial score (nSPS) is 35.3. The Morgan fingerprint density at radius 1 is 1.21 bits per heavy atom. The van der Waals surface area contributed by atoms with E-state index in [0.29, 0.717) is 11.7 Å². The summed E-state index contributed by atoms with van der Waals surface area (Å²) >= 11 is 0. The van der Waals surface area contributed by atoms with Gasteiger partial charge in [-0.2, -0.15) is 0 Å². The number of ketones is 1. The molecule has 0 saturated carbocycles. The maximum atomic E-state index is 11.8. The summed E-state index contributed by atoms with van der Waals surface area (Å²) in [5.41, 5.74) is 0.993. The van der Waals surface area contributed by atoms with Crippen LogP contribution in [0, 0.1) is 5.92 Å². The van der Waals surface area contributed by atoms with Crippen LogP contribution in [0.25, 0.3) is 0 Å². The average molecular weight is 190 g/mol. The van der Waals surface area contributed by atoms with Gasteiger partial charge in [0.2, 0.25) is 0 Å². The minimum absolute atomic E-state index is 0.240. The summed E-state index contributed by atoms with van der Waals surface area (Å²) in [7, 11) is 0. The molecule has 0 N–H and O–H groups in total. The van der Waals surface area contributed by atoms with Gasteiger partial charge < -0.3 is 4.74 Å². The molecule has 2 bridgehead atoms. The van der Waals surface area contributed by atoms with Gasteiger partial charge >= 0.3 is 0 Å². The molecule has 4 rings (SSSR count). The SMILES string of the molecule is O=C1CCCC2=C1C1C=CC(CC1)O2. The zero-order chi connectivity index (χ0) is 9.54.